The zero-order valence-electron chi connectivity index (χ0n) is 13.8. The van der Waals surface area contributed by atoms with Crippen molar-refractivity contribution < 1.29 is 9.21 Å². The number of nitrogens with zero attached hydrogens (tertiary/aromatic N) is 3. The van der Waals surface area contributed by atoms with Crippen LogP contribution in [0.5, 0.6) is 0 Å². The van der Waals surface area contributed by atoms with Crippen LogP contribution >= 0.6 is 0 Å². The lowest BCUT2D eigenvalue weighted by Gasteiger charge is -2.21. The van der Waals surface area contributed by atoms with Crippen LogP contribution in [0, 0.1) is 6.92 Å². The number of carbonyl (C=O) groups excluding carboxylic acids is 1. The van der Waals surface area contributed by atoms with Gasteiger partial charge in [0.15, 0.2) is 5.76 Å². The van der Waals surface area contributed by atoms with E-state index in [0.29, 0.717) is 30.1 Å². The number of rotatable bonds is 6. The summed E-state index contributed by atoms with van der Waals surface area (Å²) in [5.41, 5.74) is 3.03. The number of hydrogen-bond acceptors (Lipinski definition) is 4. The molecule has 0 aromatic carbocycles. The zero-order valence-corrected chi connectivity index (χ0v) is 13.8. The normalized spacial score (nSPS) is 10.8. The lowest BCUT2D eigenvalue weighted by molar-refractivity contribution is 0.0766. The second-order valence-electron chi connectivity index (χ2n) is 5.54. The van der Waals surface area contributed by atoms with Gasteiger partial charge in [0.05, 0.1) is 11.8 Å². The van der Waals surface area contributed by atoms with Gasteiger partial charge in [-0.2, -0.15) is 5.10 Å². The van der Waals surface area contributed by atoms with Crippen molar-refractivity contribution in [1.82, 2.24) is 20.1 Å². The van der Waals surface area contributed by atoms with Gasteiger partial charge in [-0.05, 0) is 50.1 Å². The van der Waals surface area contributed by atoms with Crippen LogP contribution < -0.4 is 0 Å². The third-order valence-corrected chi connectivity index (χ3v) is 4.00. The molecule has 0 spiro atoms. The van der Waals surface area contributed by atoms with Gasteiger partial charge in [-0.1, -0.05) is 0 Å². The smallest absolute Gasteiger partial charge is 0.258 e. The summed E-state index contributed by atoms with van der Waals surface area (Å²) in [6, 6.07) is 7.53. The molecule has 124 valence electrons. The molecule has 6 nitrogen and oxygen atoms in total. The maximum atomic E-state index is 13.0. The van der Waals surface area contributed by atoms with Crippen molar-refractivity contribution in [3.8, 4) is 11.5 Å². The van der Waals surface area contributed by atoms with Crippen LogP contribution in [0.1, 0.15) is 28.5 Å². The Labute approximate surface area is 140 Å². The minimum Gasteiger partial charge on any atom is -0.463 e. The number of amides is 1. The van der Waals surface area contributed by atoms with E-state index in [1.165, 1.54) is 0 Å². The van der Waals surface area contributed by atoms with Gasteiger partial charge in [0.1, 0.15) is 5.69 Å². The van der Waals surface area contributed by atoms with Crippen molar-refractivity contribution in [1.29, 1.82) is 0 Å². The summed E-state index contributed by atoms with van der Waals surface area (Å²) in [5, 5.41) is 7.13. The molecule has 6 heteroatoms. The van der Waals surface area contributed by atoms with E-state index in [0.717, 1.165) is 17.7 Å². The number of likely N-dealkylation sites (N-methyl/N-ethyl adjacent to an activating group) is 1. The highest BCUT2D eigenvalue weighted by molar-refractivity contribution is 6.00. The van der Waals surface area contributed by atoms with Gasteiger partial charge in [-0.15, -0.1) is 0 Å². The molecule has 3 heterocycles. The quantitative estimate of drug-likeness (QED) is 0.756. The number of H-pyrrole nitrogens is 1. The van der Waals surface area contributed by atoms with Crippen molar-refractivity contribution in [2.75, 3.05) is 13.1 Å². The molecule has 1 N–H and O–H groups in total. The first-order chi connectivity index (χ1) is 11.7. The maximum absolute atomic E-state index is 13.0. The molecule has 3 aromatic heterocycles. The summed E-state index contributed by atoms with van der Waals surface area (Å²) in [5.74, 6) is 0.553. The molecule has 1 amide bonds. The average Bonchev–Trinajstić information content (AvgIpc) is 3.25. The molecule has 0 radical (unpaired) electrons. The van der Waals surface area contributed by atoms with Crippen LogP contribution in [-0.4, -0.2) is 39.1 Å². The van der Waals surface area contributed by atoms with Crippen LogP contribution in [0.4, 0.5) is 0 Å². The lowest BCUT2D eigenvalue weighted by atomic mass is 10.1. The van der Waals surface area contributed by atoms with Gasteiger partial charge in [0, 0.05) is 31.2 Å². The number of carbonyl (C=O) groups is 1. The number of aromatic amines is 1. The van der Waals surface area contributed by atoms with Gasteiger partial charge in [-0.3, -0.25) is 14.9 Å². The highest BCUT2D eigenvalue weighted by Gasteiger charge is 2.24. The van der Waals surface area contributed by atoms with Gasteiger partial charge < -0.3 is 9.32 Å². The predicted molar refractivity (Wildman–Crippen MR) is 90.5 cm³/mol. The monoisotopic (exact) mass is 324 g/mol. The number of aryl methyl sites for hydroxylation is 1. The Morgan fingerprint density at radius 3 is 2.75 bits per heavy atom. The van der Waals surface area contributed by atoms with E-state index in [4.69, 9.17) is 4.42 Å². The van der Waals surface area contributed by atoms with Crippen molar-refractivity contribution in [3.63, 3.8) is 0 Å². The number of furan rings is 1. The Hall–Kier alpha value is -2.89. The Morgan fingerprint density at radius 1 is 1.29 bits per heavy atom. The van der Waals surface area contributed by atoms with E-state index in [-0.39, 0.29) is 5.91 Å². The van der Waals surface area contributed by atoms with E-state index in [1.54, 1.807) is 30.8 Å². The minimum absolute atomic E-state index is 0.0378. The Kier molecular flexibility index (Phi) is 4.74. The molecule has 0 atom stereocenters. The fraction of sp³-hybridized carbons (Fsp3) is 0.278. The molecule has 0 bridgehead atoms. The van der Waals surface area contributed by atoms with Gasteiger partial charge in [-0.25, -0.2) is 0 Å². The topological polar surface area (TPSA) is 75.0 Å². The van der Waals surface area contributed by atoms with E-state index in [2.05, 4.69) is 15.2 Å². The third-order valence-electron chi connectivity index (χ3n) is 4.00. The van der Waals surface area contributed by atoms with Crippen molar-refractivity contribution in [2.45, 2.75) is 20.3 Å². The molecule has 0 fully saturated rings. The Morgan fingerprint density at radius 2 is 2.08 bits per heavy atom. The molecule has 0 aliphatic carbocycles. The lowest BCUT2D eigenvalue weighted by Crippen LogP contribution is -2.33. The summed E-state index contributed by atoms with van der Waals surface area (Å²) in [6.45, 7) is 5.10. The molecule has 0 saturated heterocycles. The first kappa shape index (κ1) is 16.0. The molecular formula is C18H20N4O2. The number of nitrogens with one attached hydrogen (secondary N) is 1. The molecule has 0 saturated carbocycles. The largest absolute Gasteiger partial charge is 0.463 e. The Balaban J connectivity index is 1.81. The first-order valence-corrected chi connectivity index (χ1v) is 7.97. The highest BCUT2D eigenvalue weighted by Crippen LogP contribution is 2.25. The van der Waals surface area contributed by atoms with Crippen LogP contribution in [0.15, 0.2) is 47.3 Å². The summed E-state index contributed by atoms with van der Waals surface area (Å²) in [4.78, 5) is 18.8. The zero-order chi connectivity index (χ0) is 16.9. The average molecular weight is 324 g/mol. The fourth-order valence-electron chi connectivity index (χ4n) is 2.66. The number of hydrogen-bond donors (Lipinski definition) is 1. The van der Waals surface area contributed by atoms with Gasteiger partial charge in [0.25, 0.3) is 5.91 Å². The third kappa shape index (κ3) is 3.22. The fourth-order valence-corrected chi connectivity index (χ4v) is 2.66. The van der Waals surface area contributed by atoms with Crippen molar-refractivity contribution >= 4 is 5.91 Å². The SMILES string of the molecule is CCN(CCc1ccncc1)C(=O)c1c(-c2ccco2)n[nH]c1C. The first-order valence-electron chi connectivity index (χ1n) is 7.97. The van der Waals surface area contributed by atoms with Crippen LogP contribution in [0.25, 0.3) is 11.5 Å². The predicted octanol–water partition coefficient (Wildman–Crippen LogP) is 3.08. The van der Waals surface area contributed by atoms with Crippen LogP contribution in [0.3, 0.4) is 0 Å². The van der Waals surface area contributed by atoms with Crippen molar-refractivity contribution in [3.05, 3.63) is 59.7 Å². The molecule has 3 aromatic rings. The number of aromatic nitrogens is 3. The highest BCUT2D eigenvalue weighted by atomic mass is 16.3. The summed E-state index contributed by atoms with van der Waals surface area (Å²) in [6.07, 6.45) is 5.90. The second kappa shape index (κ2) is 7.12. The van der Waals surface area contributed by atoms with E-state index >= 15 is 0 Å². The van der Waals surface area contributed by atoms with Gasteiger partial charge in [0.2, 0.25) is 0 Å². The molecule has 24 heavy (non-hydrogen) atoms. The molecular weight excluding hydrogens is 304 g/mol. The summed E-state index contributed by atoms with van der Waals surface area (Å²) < 4.78 is 5.41. The minimum atomic E-state index is -0.0378. The van der Waals surface area contributed by atoms with Crippen molar-refractivity contribution in [2.24, 2.45) is 0 Å². The number of pyridine rings is 1. The molecule has 0 aliphatic rings. The van der Waals surface area contributed by atoms with E-state index in [1.807, 2.05) is 30.9 Å². The molecule has 0 aliphatic heterocycles. The Bertz CT molecular complexity index is 794. The summed E-state index contributed by atoms with van der Waals surface area (Å²) in [7, 11) is 0. The van der Waals surface area contributed by atoms with Crippen LogP contribution in [0.2, 0.25) is 0 Å². The van der Waals surface area contributed by atoms with E-state index in [9.17, 15) is 4.79 Å². The van der Waals surface area contributed by atoms with Gasteiger partial charge >= 0.3 is 0 Å². The second-order valence-corrected chi connectivity index (χ2v) is 5.54. The maximum Gasteiger partial charge on any atom is 0.258 e. The molecule has 3 rings (SSSR count). The van der Waals surface area contributed by atoms with E-state index < -0.39 is 0 Å². The summed E-state index contributed by atoms with van der Waals surface area (Å²) >= 11 is 0. The van der Waals surface area contributed by atoms with Crippen LogP contribution in [-0.2, 0) is 6.42 Å². The molecule has 0 unspecified atom stereocenters. The standard InChI is InChI=1S/C18H20N4O2/c1-3-22(11-8-14-6-9-19-10-7-14)18(23)16-13(2)20-21-17(16)15-5-4-12-24-15/h4-7,9-10,12H,3,8,11H2,1-2H3,(H,20,21).